The number of rotatable bonds is 1. The van der Waals surface area contributed by atoms with Gasteiger partial charge in [0.15, 0.2) is 0 Å². The number of alkyl halides is 4. The van der Waals surface area contributed by atoms with Crippen LogP contribution >= 0.6 is 15.9 Å². The molecule has 3 nitrogen and oxygen atoms in total. The predicted octanol–water partition coefficient (Wildman–Crippen LogP) is 4.92. The van der Waals surface area contributed by atoms with Crippen molar-refractivity contribution >= 4 is 21.6 Å². The molecule has 0 aromatic heterocycles. The molecule has 4 rings (SSSR count). The summed E-state index contributed by atoms with van der Waals surface area (Å²) in [7, 11) is 0. The van der Waals surface area contributed by atoms with Crippen molar-refractivity contribution in [1.29, 1.82) is 0 Å². The van der Waals surface area contributed by atoms with Crippen LogP contribution in [0.3, 0.4) is 0 Å². The summed E-state index contributed by atoms with van der Waals surface area (Å²) in [6.45, 7) is 0. The Morgan fingerprint density at radius 2 is 1.68 bits per heavy atom. The van der Waals surface area contributed by atoms with Crippen molar-refractivity contribution in [3.63, 3.8) is 0 Å². The molecule has 1 unspecified atom stereocenters. The lowest BCUT2D eigenvalue weighted by Crippen LogP contribution is -2.40. The molecule has 2 heterocycles. The molecule has 0 fully saturated rings. The number of ether oxygens (including phenoxy) is 1. The van der Waals surface area contributed by atoms with Crippen molar-refractivity contribution in [3.8, 4) is 5.75 Å². The second-order valence-electron chi connectivity index (χ2n) is 5.69. The molecule has 1 spiro atoms. The van der Waals surface area contributed by atoms with Crippen LogP contribution in [0.5, 0.6) is 5.75 Å². The fourth-order valence-electron chi connectivity index (χ4n) is 2.95. The van der Waals surface area contributed by atoms with Gasteiger partial charge in [-0.05, 0) is 6.07 Å². The predicted molar refractivity (Wildman–Crippen MR) is 89.7 cm³/mol. The lowest BCUT2D eigenvalue weighted by Gasteiger charge is -2.34. The topological polar surface area (TPSA) is 30.8 Å². The van der Waals surface area contributed by atoms with E-state index in [4.69, 9.17) is 9.57 Å². The van der Waals surface area contributed by atoms with E-state index in [0.717, 1.165) is 11.6 Å². The molecule has 2 aromatic rings. The minimum Gasteiger partial charge on any atom is -0.452 e. The van der Waals surface area contributed by atoms with E-state index in [1.807, 2.05) is 30.3 Å². The third-order valence-corrected chi connectivity index (χ3v) is 5.25. The number of allylic oxidation sites excluding steroid dienone is 1. The first-order valence-electron chi connectivity index (χ1n) is 7.45. The zero-order valence-corrected chi connectivity index (χ0v) is 14.2. The van der Waals surface area contributed by atoms with Gasteiger partial charge >= 0.3 is 6.18 Å². The summed E-state index contributed by atoms with van der Waals surface area (Å²) in [6.07, 6.45) is -3.68. The van der Waals surface area contributed by atoms with Gasteiger partial charge in [0.2, 0.25) is 11.4 Å². The van der Waals surface area contributed by atoms with Crippen molar-refractivity contribution < 1.29 is 22.7 Å². The van der Waals surface area contributed by atoms with E-state index in [9.17, 15) is 13.2 Å². The minimum atomic E-state index is -4.63. The van der Waals surface area contributed by atoms with Gasteiger partial charge in [0.1, 0.15) is 16.3 Å². The van der Waals surface area contributed by atoms with Gasteiger partial charge in [-0.3, -0.25) is 0 Å². The second-order valence-corrected chi connectivity index (χ2v) is 6.61. The summed E-state index contributed by atoms with van der Waals surface area (Å²) in [5.74, 6) is -1.01. The van der Waals surface area contributed by atoms with Crippen LogP contribution in [-0.4, -0.2) is 16.7 Å². The van der Waals surface area contributed by atoms with Gasteiger partial charge in [-0.1, -0.05) is 69.6 Å². The molecule has 2 aromatic carbocycles. The molecule has 25 heavy (non-hydrogen) atoms. The smallest absolute Gasteiger partial charge is 0.449 e. The van der Waals surface area contributed by atoms with Crippen LogP contribution in [0.1, 0.15) is 11.1 Å². The molecule has 7 heteroatoms. The number of hydrogen-bond acceptors (Lipinski definition) is 3. The quantitative estimate of drug-likeness (QED) is 0.626. The third-order valence-electron chi connectivity index (χ3n) is 4.13. The molecule has 0 amide bonds. The van der Waals surface area contributed by atoms with Gasteiger partial charge < -0.3 is 9.57 Å². The zero-order valence-electron chi connectivity index (χ0n) is 12.6. The van der Waals surface area contributed by atoms with Crippen LogP contribution in [0.2, 0.25) is 0 Å². The SMILES string of the molecule is FC(F)(F)C1=C[C@@]2(ON=C(c3ccccc3)C2Br)c2ccccc2O1. The lowest BCUT2D eigenvalue weighted by molar-refractivity contribution is -0.122. The molecule has 0 radical (unpaired) electrons. The summed E-state index contributed by atoms with van der Waals surface area (Å²) in [6, 6.07) is 15.7. The van der Waals surface area contributed by atoms with Gasteiger partial charge in [0.25, 0.3) is 0 Å². The van der Waals surface area contributed by atoms with Crippen LogP contribution in [0.4, 0.5) is 13.2 Å². The Kier molecular flexibility index (Phi) is 3.64. The molecule has 0 saturated carbocycles. The van der Waals surface area contributed by atoms with Crippen molar-refractivity contribution in [2.75, 3.05) is 0 Å². The van der Waals surface area contributed by atoms with E-state index in [1.165, 1.54) is 6.07 Å². The maximum Gasteiger partial charge on any atom is 0.449 e. The molecule has 0 aliphatic carbocycles. The average molecular weight is 410 g/mol. The summed E-state index contributed by atoms with van der Waals surface area (Å²) in [5, 5.41) is 4.08. The Morgan fingerprint density at radius 1 is 1.00 bits per heavy atom. The van der Waals surface area contributed by atoms with Gasteiger partial charge in [-0.2, -0.15) is 13.2 Å². The number of halogens is 4. The van der Waals surface area contributed by atoms with E-state index < -0.39 is 22.4 Å². The first kappa shape index (κ1) is 16.2. The van der Waals surface area contributed by atoms with Crippen molar-refractivity contribution in [1.82, 2.24) is 0 Å². The number of hydrogen-bond donors (Lipinski definition) is 0. The summed E-state index contributed by atoms with van der Waals surface area (Å²) in [4.78, 5) is 4.99. The van der Waals surface area contributed by atoms with Crippen molar-refractivity contribution in [2.24, 2.45) is 5.16 Å². The molecule has 2 aliphatic heterocycles. The Balaban J connectivity index is 1.85. The van der Waals surface area contributed by atoms with Crippen LogP contribution in [0.25, 0.3) is 0 Å². The summed E-state index contributed by atoms with van der Waals surface area (Å²) in [5.41, 5.74) is 0.354. The fraction of sp³-hybridized carbons (Fsp3) is 0.167. The number of para-hydroxylation sites is 1. The summed E-state index contributed by atoms with van der Waals surface area (Å²) >= 11 is 3.50. The number of fused-ring (bicyclic) bond motifs is 2. The van der Waals surface area contributed by atoms with Crippen molar-refractivity contribution in [2.45, 2.75) is 16.6 Å². The highest BCUT2D eigenvalue weighted by Gasteiger charge is 2.55. The molecule has 2 atom stereocenters. The molecule has 128 valence electrons. The molecule has 0 saturated heterocycles. The first-order valence-corrected chi connectivity index (χ1v) is 8.36. The third kappa shape index (κ3) is 2.54. The molecular weight excluding hydrogens is 399 g/mol. The van der Waals surface area contributed by atoms with Crippen LogP contribution in [0, 0.1) is 0 Å². The first-order chi connectivity index (χ1) is 11.9. The fourth-order valence-corrected chi connectivity index (χ4v) is 3.76. The van der Waals surface area contributed by atoms with E-state index in [2.05, 4.69) is 21.1 Å². The normalized spacial score (nSPS) is 24.9. The largest absolute Gasteiger partial charge is 0.452 e. The highest BCUT2D eigenvalue weighted by atomic mass is 79.9. The summed E-state index contributed by atoms with van der Waals surface area (Å²) < 4.78 is 45.0. The number of nitrogens with zero attached hydrogens (tertiary/aromatic N) is 1. The Morgan fingerprint density at radius 3 is 2.40 bits per heavy atom. The Bertz CT molecular complexity index is 879. The van der Waals surface area contributed by atoms with Crippen LogP contribution in [0.15, 0.2) is 71.6 Å². The Hall–Kier alpha value is -2.28. The average Bonchev–Trinajstić information content (AvgIpc) is 2.92. The van der Waals surface area contributed by atoms with Gasteiger partial charge in [0.05, 0.1) is 0 Å². The van der Waals surface area contributed by atoms with E-state index in [0.29, 0.717) is 11.3 Å². The van der Waals surface area contributed by atoms with E-state index in [1.54, 1.807) is 18.2 Å². The van der Waals surface area contributed by atoms with E-state index in [-0.39, 0.29) is 5.75 Å². The Labute approximate surface area is 149 Å². The monoisotopic (exact) mass is 409 g/mol. The highest BCUT2D eigenvalue weighted by Crippen LogP contribution is 2.50. The second kappa shape index (κ2) is 5.62. The maximum absolute atomic E-state index is 13.3. The van der Waals surface area contributed by atoms with Crippen molar-refractivity contribution in [3.05, 3.63) is 77.6 Å². The maximum atomic E-state index is 13.3. The van der Waals surface area contributed by atoms with Crippen LogP contribution in [-0.2, 0) is 10.4 Å². The number of benzene rings is 2. The van der Waals surface area contributed by atoms with Gasteiger partial charge in [-0.15, -0.1) is 0 Å². The lowest BCUT2D eigenvalue weighted by atomic mass is 9.84. The minimum absolute atomic E-state index is 0.103. The molecule has 0 bridgehead atoms. The molecular formula is C18H11BrF3NO2. The zero-order chi connectivity index (χ0) is 17.7. The van der Waals surface area contributed by atoms with Crippen LogP contribution < -0.4 is 4.74 Å². The molecule has 2 aliphatic rings. The van der Waals surface area contributed by atoms with E-state index >= 15 is 0 Å². The van der Waals surface area contributed by atoms with Gasteiger partial charge in [0, 0.05) is 17.2 Å². The van der Waals surface area contributed by atoms with Gasteiger partial charge in [-0.25, -0.2) is 0 Å². The standard InChI is InChI=1S/C18H11BrF3NO2/c19-16-15(11-6-2-1-3-7-11)23-25-17(16)10-14(18(20,21)22)24-13-9-5-4-8-12(13)17/h1-10,16H/t16?,17-/m1/s1. The molecule has 0 N–H and O–H groups in total. The number of oxime groups is 1. The highest BCUT2D eigenvalue weighted by molar-refractivity contribution is 9.10.